The molecule has 0 aliphatic carbocycles. The van der Waals surface area contributed by atoms with Crippen molar-refractivity contribution in [2.45, 2.75) is 13.3 Å². The molecule has 0 fully saturated rings. The van der Waals surface area contributed by atoms with E-state index in [2.05, 4.69) is 20.7 Å². The van der Waals surface area contributed by atoms with Gasteiger partial charge < -0.3 is 10.6 Å². The Bertz CT molecular complexity index is 812. The van der Waals surface area contributed by atoms with Crippen LogP contribution < -0.4 is 10.6 Å². The summed E-state index contributed by atoms with van der Waals surface area (Å²) < 4.78 is 14.5. The standard InChI is InChI=1S/C15H14FN5O/c1-2-13-19-14-12(4-3-9-21(14)20-13)18-15(22)17-11-7-5-10(16)6-8-11/h3-9H,2H2,1H3,(H2,17,18,22). The predicted molar refractivity (Wildman–Crippen MR) is 81.4 cm³/mol. The molecule has 2 heterocycles. The first-order chi connectivity index (χ1) is 10.7. The first-order valence-corrected chi connectivity index (χ1v) is 6.83. The fraction of sp³-hybridized carbons (Fsp3) is 0.133. The third-order valence-electron chi connectivity index (χ3n) is 3.07. The highest BCUT2D eigenvalue weighted by molar-refractivity contribution is 6.01. The summed E-state index contributed by atoms with van der Waals surface area (Å²) >= 11 is 0. The minimum Gasteiger partial charge on any atom is -0.308 e. The number of anilines is 2. The number of amides is 2. The van der Waals surface area contributed by atoms with Gasteiger partial charge in [0.1, 0.15) is 5.82 Å². The van der Waals surface area contributed by atoms with Crippen LogP contribution in [0.2, 0.25) is 0 Å². The van der Waals surface area contributed by atoms with Crippen LogP contribution in [0.5, 0.6) is 0 Å². The molecular formula is C15H14FN5O. The molecule has 0 saturated carbocycles. The second kappa shape index (κ2) is 5.80. The molecule has 112 valence electrons. The van der Waals surface area contributed by atoms with Gasteiger partial charge in [0.25, 0.3) is 0 Å². The van der Waals surface area contributed by atoms with Crippen molar-refractivity contribution in [3.05, 3.63) is 54.2 Å². The van der Waals surface area contributed by atoms with E-state index in [0.717, 1.165) is 0 Å². The molecule has 0 spiro atoms. The molecule has 2 N–H and O–H groups in total. The van der Waals surface area contributed by atoms with Crippen LogP contribution in [-0.4, -0.2) is 20.6 Å². The topological polar surface area (TPSA) is 71.3 Å². The summed E-state index contributed by atoms with van der Waals surface area (Å²) in [5.74, 6) is 0.347. The van der Waals surface area contributed by atoms with E-state index in [1.165, 1.54) is 24.3 Å². The van der Waals surface area contributed by atoms with E-state index in [1.807, 2.05) is 6.92 Å². The second-order valence-electron chi connectivity index (χ2n) is 4.66. The summed E-state index contributed by atoms with van der Waals surface area (Å²) in [5.41, 5.74) is 1.63. The van der Waals surface area contributed by atoms with Gasteiger partial charge in [-0.15, -0.1) is 0 Å². The number of pyridine rings is 1. The average Bonchev–Trinajstić information content (AvgIpc) is 2.94. The van der Waals surface area contributed by atoms with E-state index in [-0.39, 0.29) is 5.82 Å². The van der Waals surface area contributed by atoms with Gasteiger partial charge >= 0.3 is 6.03 Å². The number of aromatic nitrogens is 3. The van der Waals surface area contributed by atoms with Crippen molar-refractivity contribution >= 4 is 23.1 Å². The zero-order chi connectivity index (χ0) is 15.5. The summed E-state index contributed by atoms with van der Waals surface area (Å²) in [7, 11) is 0. The number of urea groups is 1. The Balaban J connectivity index is 1.79. The third-order valence-corrected chi connectivity index (χ3v) is 3.07. The number of aryl methyl sites for hydroxylation is 1. The van der Waals surface area contributed by atoms with Gasteiger partial charge in [0.15, 0.2) is 11.5 Å². The lowest BCUT2D eigenvalue weighted by atomic mass is 10.3. The van der Waals surface area contributed by atoms with Crippen LogP contribution in [0.3, 0.4) is 0 Å². The zero-order valence-corrected chi connectivity index (χ0v) is 11.9. The number of rotatable bonds is 3. The first kappa shape index (κ1) is 14.0. The second-order valence-corrected chi connectivity index (χ2v) is 4.66. The largest absolute Gasteiger partial charge is 0.323 e. The molecule has 0 atom stereocenters. The minimum absolute atomic E-state index is 0.355. The van der Waals surface area contributed by atoms with Crippen molar-refractivity contribution in [1.29, 1.82) is 0 Å². The first-order valence-electron chi connectivity index (χ1n) is 6.83. The van der Waals surface area contributed by atoms with Gasteiger partial charge in [0.05, 0.1) is 5.69 Å². The highest BCUT2D eigenvalue weighted by atomic mass is 19.1. The van der Waals surface area contributed by atoms with Crippen LogP contribution >= 0.6 is 0 Å². The zero-order valence-electron chi connectivity index (χ0n) is 11.9. The van der Waals surface area contributed by atoms with Gasteiger partial charge in [-0.25, -0.2) is 18.7 Å². The monoisotopic (exact) mass is 299 g/mol. The minimum atomic E-state index is -0.430. The van der Waals surface area contributed by atoms with Crippen LogP contribution in [0.4, 0.5) is 20.6 Å². The average molecular weight is 299 g/mol. The molecule has 0 radical (unpaired) electrons. The lowest BCUT2D eigenvalue weighted by molar-refractivity contribution is 0.262. The summed E-state index contributed by atoms with van der Waals surface area (Å²) in [6, 6.07) is 8.62. The molecular weight excluding hydrogens is 285 g/mol. The van der Waals surface area contributed by atoms with E-state index < -0.39 is 6.03 Å². The van der Waals surface area contributed by atoms with Gasteiger partial charge in [0.2, 0.25) is 0 Å². The number of carbonyl (C=O) groups is 1. The number of hydrogen-bond donors (Lipinski definition) is 2. The van der Waals surface area contributed by atoms with Crippen LogP contribution in [0, 0.1) is 5.82 Å². The molecule has 22 heavy (non-hydrogen) atoms. The lowest BCUT2D eigenvalue weighted by Crippen LogP contribution is -2.19. The van der Waals surface area contributed by atoms with Crippen molar-refractivity contribution < 1.29 is 9.18 Å². The number of benzene rings is 1. The van der Waals surface area contributed by atoms with E-state index in [1.54, 1.807) is 22.8 Å². The molecule has 6 nitrogen and oxygen atoms in total. The smallest absolute Gasteiger partial charge is 0.308 e. The van der Waals surface area contributed by atoms with E-state index in [9.17, 15) is 9.18 Å². The number of carbonyl (C=O) groups excluding carboxylic acids is 1. The van der Waals surface area contributed by atoms with Crippen molar-refractivity contribution in [2.24, 2.45) is 0 Å². The molecule has 2 amide bonds. The molecule has 2 aromatic heterocycles. The Hall–Kier alpha value is -2.96. The van der Waals surface area contributed by atoms with Crippen molar-refractivity contribution in [2.75, 3.05) is 10.6 Å². The summed E-state index contributed by atoms with van der Waals surface area (Å²) in [5, 5.41) is 9.63. The maximum absolute atomic E-state index is 12.8. The Morgan fingerprint density at radius 3 is 2.73 bits per heavy atom. The van der Waals surface area contributed by atoms with Crippen molar-refractivity contribution in [1.82, 2.24) is 14.6 Å². The number of halogens is 1. The summed E-state index contributed by atoms with van der Waals surface area (Å²) in [6.45, 7) is 1.96. The maximum Gasteiger partial charge on any atom is 0.323 e. The third kappa shape index (κ3) is 2.88. The van der Waals surface area contributed by atoms with Gasteiger partial charge in [-0.3, -0.25) is 0 Å². The van der Waals surface area contributed by atoms with Crippen LogP contribution in [-0.2, 0) is 6.42 Å². The Morgan fingerprint density at radius 2 is 2.00 bits per heavy atom. The summed E-state index contributed by atoms with van der Waals surface area (Å²) in [6.07, 6.45) is 2.48. The van der Waals surface area contributed by atoms with Gasteiger partial charge in [-0.05, 0) is 36.4 Å². The Labute approximate surface area is 126 Å². The van der Waals surface area contributed by atoms with Crippen LogP contribution in [0.15, 0.2) is 42.6 Å². The number of nitrogens with zero attached hydrogens (tertiary/aromatic N) is 3. The normalized spacial score (nSPS) is 10.6. The van der Waals surface area contributed by atoms with Crippen LogP contribution in [0.25, 0.3) is 5.65 Å². The predicted octanol–water partition coefficient (Wildman–Crippen LogP) is 3.07. The molecule has 3 rings (SSSR count). The van der Waals surface area contributed by atoms with E-state index in [4.69, 9.17) is 0 Å². The molecule has 1 aromatic carbocycles. The fourth-order valence-corrected chi connectivity index (χ4v) is 2.02. The number of hydrogen-bond acceptors (Lipinski definition) is 3. The van der Waals surface area contributed by atoms with Crippen molar-refractivity contribution in [3.8, 4) is 0 Å². The molecule has 0 saturated heterocycles. The maximum atomic E-state index is 12.8. The number of nitrogens with one attached hydrogen (secondary N) is 2. The molecule has 7 heteroatoms. The van der Waals surface area contributed by atoms with Gasteiger partial charge in [-0.2, -0.15) is 5.10 Å². The lowest BCUT2D eigenvalue weighted by Gasteiger charge is -2.08. The molecule has 0 aliphatic rings. The quantitative estimate of drug-likeness (QED) is 0.780. The SMILES string of the molecule is CCc1nc2c(NC(=O)Nc3ccc(F)cc3)cccn2n1. The molecule has 3 aromatic rings. The highest BCUT2D eigenvalue weighted by Crippen LogP contribution is 2.16. The fourth-order valence-electron chi connectivity index (χ4n) is 2.02. The van der Waals surface area contributed by atoms with E-state index >= 15 is 0 Å². The highest BCUT2D eigenvalue weighted by Gasteiger charge is 2.09. The Morgan fingerprint density at radius 1 is 1.23 bits per heavy atom. The molecule has 0 bridgehead atoms. The molecule has 0 unspecified atom stereocenters. The summed E-state index contributed by atoms with van der Waals surface area (Å²) in [4.78, 5) is 16.4. The number of fused-ring (bicyclic) bond motifs is 1. The van der Waals surface area contributed by atoms with E-state index in [0.29, 0.717) is 29.3 Å². The van der Waals surface area contributed by atoms with Gasteiger partial charge in [-0.1, -0.05) is 6.92 Å². The Kier molecular flexibility index (Phi) is 3.69. The van der Waals surface area contributed by atoms with Crippen LogP contribution in [0.1, 0.15) is 12.7 Å². The van der Waals surface area contributed by atoms with Gasteiger partial charge in [0, 0.05) is 18.3 Å². The molecule has 0 aliphatic heterocycles. The van der Waals surface area contributed by atoms with Crippen molar-refractivity contribution in [3.63, 3.8) is 0 Å².